The van der Waals surface area contributed by atoms with Crippen molar-refractivity contribution in [2.75, 3.05) is 0 Å². The first-order valence-corrected chi connectivity index (χ1v) is 6.24. The lowest BCUT2D eigenvalue weighted by Gasteiger charge is -2.07. The first-order valence-electron chi connectivity index (χ1n) is 4.76. The van der Waals surface area contributed by atoms with Gasteiger partial charge in [-0.3, -0.25) is 0 Å². The van der Waals surface area contributed by atoms with Crippen molar-refractivity contribution >= 4 is 15.9 Å². The lowest BCUT2D eigenvalue weighted by molar-refractivity contribution is 0.603. The van der Waals surface area contributed by atoms with Gasteiger partial charge in [-0.25, -0.2) is 8.42 Å². The molecule has 1 aliphatic heterocycles. The Kier molecular flexibility index (Phi) is 2.20. The fraction of sp³-hybridized carbons (Fsp3) is 0.273. The van der Waals surface area contributed by atoms with E-state index in [0.717, 1.165) is 11.1 Å². The van der Waals surface area contributed by atoms with Crippen LogP contribution in [0.1, 0.15) is 31.0 Å². The lowest BCUT2D eigenvalue weighted by atomic mass is 10.1. The van der Waals surface area contributed by atoms with Gasteiger partial charge in [0.15, 0.2) is 0 Å². The van der Waals surface area contributed by atoms with Crippen molar-refractivity contribution < 1.29 is 8.42 Å². The summed E-state index contributed by atoms with van der Waals surface area (Å²) in [5.41, 5.74) is 7.45. The molecule has 1 aliphatic rings. The molecule has 2 N–H and O–H groups in total. The molecule has 0 fully saturated rings. The summed E-state index contributed by atoms with van der Waals surface area (Å²) < 4.78 is 23.5. The Labute approximate surface area is 89.5 Å². The minimum Gasteiger partial charge on any atom is -0.324 e. The first-order chi connectivity index (χ1) is 6.93. The normalized spacial score (nSPS) is 19.5. The van der Waals surface area contributed by atoms with Crippen LogP contribution in [0.4, 0.5) is 0 Å². The van der Waals surface area contributed by atoms with Crippen molar-refractivity contribution in [1.82, 2.24) is 0 Å². The highest BCUT2D eigenvalue weighted by Crippen LogP contribution is 2.33. The summed E-state index contributed by atoms with van der Waals surface area (Å²) in [6.07, 6.45) is 1.69. The number of sulfone groups is 1. The van der Waals surface area contributed by atoms with Crippen molar-refractivity contribution in [1.29, 1.82) is 0 Å². The number of nitrogens with two attached hydrogens (primary N) is 1. The van der Waals surface area contributed by atoms with Gasteiger partial charge in [0.2, 0.25) is 9.84 Å². The molecule has 1 aromatic rings. The van der Waals surface area contributed by atoms with Crippen LogP contribution in [-0.4, -0.2) is 8.42 Å². The molecule has 0 aliphatic carbocycles. The number of benzene rings is 1. The number of fused-ring (bicyclic) bond motifs is 1. The maximum absolute atomic E-state index is 11.8. The second-order valence-electron chi connectivity index (χ2n) is 3.84. The third-order valence-corrected chi connectivity index (χ3v) is 4.55. The van der Waals surface area contributed by atoms with Gasteiger partial charge in [0.05, 0.1) is 4.90 Å². The van der Waals surface area contributed by atoms with E-state index in [2.05, 4.69) is 0 Å². The molecule has 80 valence electrons. The van der Waals surface area contributed by atoms with Gasteiger partial charge in [0.1, 0.15) is 0 Å². The molecule has 0 saturated carbocycles. The van der Waals surface area contributed by atoms with E-state index in [0.29, 0.717) is 9.80 Å². The highest BCUT2D eigenvalue weighted by molar-refractivity contribution is 7.95. The van der Waals surface area contributed by atoms with Crippen LogP contribution in [0.2, 0.25) is 0 Å². The smallest absolute Gasteiger partial charge is 0.203 e. The number of hydrogen-bond donors (Lipinski definition) is 1. The van der Waals surface area contributed by atoms with E-state index in [1.54, 1.807) is 25.1 Å². The molecule has 0 spiro atoms. The zero-order chi connectivity index (χ0) is 11.2. The molecule has 4 heteroatoms. The van der Waals surface area contributed by atoms with Gasteiger partial charge in [0, 0.05) is 10.9 Å². The van der Waals surface area contributed by atoms with Crippen LogP contribution < -0.4 is 5.73 Å². The monoisotopic (exact) mass is 223 g/mol. The molecule has 2 rings (SSSR count). The highest BCUT2D eigenvalue weighted by Gasteiger charge is 2.26. The van der Waals surface area contributed by atoms with E-state index in [1.165, 1.54) is 0 Å². The van der Waals surface area contributed by atoms with E-state index < -0.39 is 9.84 Å². The maximum Gasteiger partial charge on any atom is 0.203 e. The molecule has 0 amide bonds. The fourth-order valence-corrected chi connectivity index (χ4v) is 2.98. The van der Waals surface area contributed by atoms with E-state index in [9.17, 15) is 8.42 Å². The first kappa shape index (κ1) is 10.4. The standard InChI is InChI=1S/C11H13NO2S/c1-7-5-10-6-9(8(2)12)3-4-11(10)15(7,13)14/h3-6,8H,12H2,1-2H3. The summed E-state index contributed by atoms with van der Waals surface area (Å²) in [6, 6.07) is 5.17. The molecule has 0 bridgehead atoms. The third-order valence-electron chi connectivity index (χ3n) is 2.63. The van der Waals surface area contributed by atoms with Crippen LogP contribution in [0.5, 0.6) is 0 Å². The van der Waals surface area contributed by atoms with Gasteiger partial charge in [-0.05, 0) is 43.2 Å². The fourth-order valence-electron chi connectivity index (χ4n) is 1.68. The molecule has 0 aromatic heterocycles. The minimum absolute atomic E-state index is 0.0766. The molecule has 1 heterocycles. The SMILES string of the molecule is CC1=Cc2cc(C(C)N)ccc2S1(=O)=O. The minimum atomic E-state index is -3.21. The van der Waals surface area contributed by atoms with Crippen LogP contribution in [0, 0.1) is 0 Å². The largest absolute Gasteiger partial charge is 0.324 e. The zero-order valence-electron chi connectivity index (χ0n) is 8.69. The molecule has 0 saturated heterocycles. The van der Waals surface area contributed by atoms with Crippen LogP contribution in [0.15, 0.2) is 28.0 Å². The summed E-state index contributed by atoms with van der Waals surface area (Å²) in [6.45, 7) is 3.49. The van der Waals surface area contributed by atoms with Crippen molar-refractivity contribution in [2.45, 2.75) is 24.8 Å². The molecule has 1 unspecified atom stereocenters. The summed E-state index contributed by atoms with van der Waals surface area (Å²) in [5, 5.41) is 0. The van der Waals surface area contributed by atoms with Crippen molar-refractivity contribution in [3.8, 4) is 0 Å². The van der Waals surface area contributed by atoms with Crippen LogP contribution in [0.25, 0.3) is 6.08 Å². The Balaban J connectivity index is 2.65. The number of allylic oxidation sites excluding steroid dienone is 1. The van der Waals surface area contributed by atoms with E-state index in [1.807, 2.05) is 13.0 Å². The van der Waals surface area contributed by atoms with Gasteiger partial charge < -0.3 is 5.73 Å². The van der Waals surface area contributed by atoms with Gasteiger partial charge >= 0.3 is 0 Å². The molecule has 1 atom stereocenters. The Morgan fingerprint density at radius 3 is 2.60 bits per heavy atom. The Morgan fingerprint density at radius 2 is 2.00 bits per heavy atom. The van der Waals surface area contributed by atoms with E-state index in [-0.39, 0.29) is 6.04 Å². The van der Waals surface area contributed by atoms with Crippen LogP contribution in [-0.2, 0) is 9.84 Å². The van der Waals surface area contributed by atoms with Gasteiger partial charge in [-0.1, -0.05) is 6.07 Å². The van der Waals surface area contributed by atoms with Crippen molar-refractivity contribution in [3.05, 3.63) is 34.2 Å². The summed E-state index contributed by atoms with van der Waals surface area (Å²) >= 11 is 0. The van der Waals surface area contributed by atoms with E-state index >= 15 is 0 Å². The molecule has 3 nitrogen and oxygen atoms in total. The Morgan fingerprint density at radius 1 is 1.33 bits per heavy atom. The highest BCUT2D eigenvalue weighted by atomic mass is 32.2. The lowest BCUT2D eigenvalue weighted by Crippen LogP contribution is -2.05. The maximum atomic E-state index is 11.8. The van der Waals surface area contributed by atoms with Gasteiger partial charge in [-0.2, -0.15) is 0 Å². The van der Waals surface area contributed by atoms with Gasteiger partial charge in [-0.15, -0.1) is 0 Å². The number of rotatable bonds is 1. The summed E-state index contributed by atoms with van der Waals surface area (Å²) in [4.78, 5) is 0.795. The average Bonchev–Trinajstić information content (AvgIpc) is 2.38. The molecule has 0 radical (unpaired) electrons. The van der Waals surface area contributed by atoms with E-state index in [4.69, 9.17) is 5.73 Å². The molecular formula is C11H13NO2S. The van der Waals surface area contributed by atoms with Gasteiger partial charge in [0.25, 0.3) is 0 Å². The van der Waals surface area contributed by atoms with Crippen LogP contribution >= 0.6 is 0 Å². The molecular weight excluding hydrogens is 210 g/mol. The second-order valence-corrected chi connectivity index (χ2v) is 5.94. The quantitative estimate of drug-likeness (QED) is 0.790. The molecule has 1 aromatic carbocycles. The molecule has 15 heavy (non-hydrogen) atoms. The average molecular weight is 223 g/mol. The predicted molar refractivity (Wildman–Crippen MR) is 59.9 cm³/mol. The summed E-state index contributed by atoms with van der Waals surface area (Å²) in [7, 11) is -3.21. The summed E-state index contributed by atoms with van der Waals surface area (Å²) in [5.74, 6) is 0. The Hall–Kier alpha value is -1.13. The predicted octanol–water partition coefficient (Wildman–Crippen LogP) is 1.85. The third kappa shape index (κ3) is 1.50. The number of hydrogen-bond acceptors (Lipinski definition) is 3. The van der Waals surface area contributed by atoms with Crippen LogP contribution in [0.3, 0.4) is 0 Å². The Bertz CT molecular complexity index is 542. The zero-order valence-corrected chi connectivity index (χ0v) is 9.51. The van der Waals surface area contributed by atoms with Crippen molar-refractivity contribution in [2.24, 2.45) is 5.73 Å². The second kappa shape index (κ2) is 3.18. The topological polar surface area (TPSA) is 60.2 Å². The van der Waals surface area contributed by atoms with Crippen molar-refractivity contribution in [3.63, 3.8) is 0 Å².